The number of pyridine rings is 1. The van der Waals surface area contributed by atoms with Crippen molar-refractivity contribution >= 4 is 23.3 Å². The second-order valence-electron chi connectivity index (χ2n) is 9.56. The van der Waals surface area contributed by atoms with Crippen LogP contribution in [0.3, 0.4) is 0 Å². The number of carbonyl (C=O) groups excluding carboxylic acids is 1. The van der Waals surface area contributed by atoms with E-state index >= 15 is 0 Å². The maximum atomic E-state index is 14.1. The summed E-state index contributed by atoms with van der Waals surface area (Å²) in [5.74, 6) is -1.03. The molecule has 0 spiro atoms. The quantitative estimate of drug-likeness (QED) is 0.427. The van der Waals surface area contributed by atoms with E-state index < -0.39 is 11.6 Å². The molecule has 2 aliphatic rings. The number of nitrogen functional groups attached to an aromatic ring is 1. The number of ether oxygens (including phenoxy) is 1. The normalized spacial score (nSPS) is 16.8. The van der Waals surface area contributed by atoms with Gasteiger partial charge in [0.2, 0.25) is 0 Å². The fourth-order valence-corrected chi connectivity index (χ4v) is 5.32. The van der Waals surface area contributed by atoms with E-state index in [1.165, 1.54) is 25.9 Å². The number of likely N-dealkylation sites (tertiary alicyclic amines) is 2. The number of nitrogens with zero attached hydrogens (tertiary/aromatic N) is 3. The molecule has 1 amide bonds. The zero-order valence-electron chi connectivity index (χ0n) is 20.4. The first-order valence-electron chi connectivity index (χ1n) is 12.5. The smallest absolute Gasteiger partial charge is 0.253 e. The molecule has 2 N–H and O–H groups in total. The molecular weight excluding hydrogens is 498 g/mol. The number of piperidine rings is 1. The molecule has 0 saturated carbocycles. The number of anilines is 1. The summed E-state index contributed by atoms with van der Waals surface area (Å²) in [6.45, 7) is 3.62. The maximum absolute atomic E-state index is 14.1. The van der Waals surface area contributed by atoms with Crippen LogP contribution < -0.4 is 10.5 Å². The molecule has 6 nitrogen and oxygen atoms in total. The average Bonchev–Trinajstić information content (AvgIpc) is 3.47. The number of nitrogens with two attached hydrogens (primary N) is 1. The Bertz CT molecular complexity index is 1270. The van der Waals surface area contributed by atoms with Gasteiger partial charge in [-0.2, -0.15) is 0 Å². The molecule has 0 bridgehead atoms. The average molecular weight is 527 g/mol. The third-order valence-corrected chi connectivity index (χ3v) is 7.68. The van der Waals surface area contributed by atoms with Gasteiger partial charge in [-0.3, -0.25) is 4.79 Å². The molecule has 3 heterocycles. The van der Waals surface area contributed by atoms with Crippen molar-refractivity contribution in [3.8, 4) is 16.9 Å². The molecule has 5 rings (SSSR count). The summed E-state index contributed by atoms with van der Waals surface area (Å²) in [6.07, 6.45) is 6.20. The third kappa shape index (κ3) is 5.55. The summed E-state index contributed by atoms with van der Waals surface area (Å²) in [7, 11) is 0. The minimum atomic E-state index is -0.730. The number of hydrogen-bond donors (Lipinski definition) is 1. The Labute approximate surface area is 220 Å². The zero-order valence-corrected chi connectivity index (χ0v) is 21.2. The van der Waals surface area contributed by atoms with Gasteiger partial charge >= 0.3 is 0 Å². The molecular formula is C28H29ClF2N4O2. The molecule has 37 heavy (non-hydrogen) atoms. The lowest BCUT2D eigenvalue weighted by molar-refractivity contribution is 0.0644. The standard InChI is InChI=1S/C28H29ClF2N4O2/c29-26-22(23(30)7-8-24(26)31)17-37-25-15-20(16-33-27(25)32)18-3-5-19(6-4-18)28(36)35-13-9-21(10-14-35)34-11-1-2-12-34/h3-8,15-16,21H,1-2,9-14,17H2,(H2,32,33). The Morgan fingerprint density at radius 2 is 1.68 bits per heavy atom. The van der Waals surface area contributed by atoms with Gasteiger partial charge in [0.15, 0.2) is 11.6 Å². The molecule has 0 atom stereocenters. The zero-order chi connectivity index (χ0) is 25.9. The lowest BCUT2D eigenvalue weighted by atomic mass is 10.0. The fourth-order valence-electron chi connectivity index (χ4n) is 5.11. The summed E-state index contributed by atoms with van der Waals surface area (Å²) in [5, 5.41) is -0.330. The molecule has 3 aromatic rings. The second kappa shape index (κ2) is 11.0. The molecule has 1 aromatic heterocycles. The van der Waals surface area contributed by atoms with Crippen LogP contribution in [-0.2, 0) is 6.61 Å². The highest BCUT2D eigenvalue weighted by Gasteiger charge is 2.28. The highest BCUT2D eigenvalue weighted by molar-refractivity contribution is 6.31. The molecule has 2 aromatic carbocycles. The van der Waals surface area contributed by atoms with E-state index in [-0.39, 0.29) is 34.7 Å². The summed E-state index contributed by atoms with van der Waals surface area (Å²) >= 11 is 5.89. The van der Waals surface area contributed by atoms with Crippen LogP contribution in [0.4, 0.5) is 14.6 Å². The van der Waals surface area contributed by atoms with E-state index in [0.717, 1.165) is 43.6 Å². The first-order chi connectivity index (χ1) is 17.9. The number of halogens is 3. The van der Waals surface area contributed by atoms with Gasteiger partial charge in [-0.15, -0.1) is 0 Å². The van der Waals surface area contributed by atoms with Crippen LogP contribution in [0, 0.1) is 11.6 Å². The van der Waals surface area contributed by atoms with Gasteiger partial charge in [0.05, 0.1) is 5.02 Å². The minimum absolute atomic E-state index is 0.0416. The first-order valence-corrected chi connectivity index (χ1v) is 12.9. The second-order valence-corrected chi connectivity index (χ2v) is 9.94. The van der Waals surface area contributed by atoms with Crippen molar-refractivity contribution in [3.05, 3.63) is 76.4 Å². The van der Waals surface area contributed by atoms with Crippen molar-refractivity contribution in [1.29, 1.82) is 0 Å². The van der Waals surface area contributed by atoms with Gasteiger partial charge < -0.3 is 20.3 Å². The van der Waals surface area contributed by atoms with Crippen molar-refractivity contribution in [3.63, 3.8) is 0 Å². The van der Waals surface area contributed by atoms with Gasteiger partial charge in [0, 0.05) is 42.0 Å². The predicted molar refractivity (Wildman–Crippen MR) is 140 cm³/mol. The van der Waals surface area contributed by atoms with E-state index in [1.54, 1.807) is 12.3 Å². The molecule has 2 aliphatic heterocycles. The molecule has 0 radical (unpaired) electrons. The monoisotopic (exact) mass is 526 g/mol. The molecule has 194 valence electrons. The Morgan fingerprint density at radius 3 is 2.38 bits per heavy atom. The Morgan fingerprint density at radius 1 is 1.00 bits per heavy atom. The first kappa shape index (κ1) is 25.4. The number of aromatic nitrogens is 1. The summed E-state index contributed by atoms with van der Waals surface area (Å²) in [5.41, 5.74) is 8.01. The van der Waals surface area contributed by atoms with Crippen molar-refractivity contribution in [2.45, 2.75) is 38.3 Å². The van der Waals surface area contributed by atoms with E-state index in [1.807, 2.05) is 29.2 Å². The van der Waals surface area contributed by atoms with E-state index in [4.69, 9.17) is 22.1 Å². The molecule has 0 unspecified atom stereocenters. The minimum Gasteiger partial charge on any atom is -0.485 e. The number of hydrogen-bond acceptors (Lipinski definition) is 5. The summed E-state index contributed by atoms with van der Waals surface area (Å²) in [4.78, 5) is 21.7. The third-order valence-electron chi connectivity index (χ3n) is 7.27. The maximum Gasteiger partial charge on any atom is 0.253 e. The topological polar surface area (TPSA) is 71.7 Å². The van der Waals surface area contributed by atoms with E-state index in [9.17, 15) is 13.6 Å². The molecule has 2 saturated heterocycles. The number of rotatable bonds is 6. The molecule has 0 aliphatic carbocycles. The SMILES string of the molecule is Nc1ncc(-c2ccc(C(=O)N3CCC(N4CCCC4)CC3)cc2)cc1OCc1c(F)ccc(F)c1Cl. The van der Waals surface area contributed by atoms with Crippen molar-refractivity contribution in [1.82, 2.24) is 14.8 Å². The van der Waals surface area contributed by atoms with Crippen LogP contribution in [0.5, 0.6) is 5.75 Å². The Hall–Kier alpha value is -3.23. The number of benzene rings is 2. The van der Waals surface area contributed by atoms with Crippen LogP contribution in [0.2, 0.25) is 5.02 Å². The number of carbonyl (C=O) groups is 1. The Kier molecular flexibility index (Phi) is 7.58. The van der Waals surface area contributed by atoms with Crippen molar-refractivity contribution in [2.75, 3.05) is 31.9 Å². The predicted octanol–water partition coefficient (Wildman–Crippen LogP) is 5.54. The van der Waals surface area contributed by atoms with Gasteiger partial charge in [0.1, 0.15) is 18.2 Å². The van der Waals surface area contributed by atoms with Crippen LogP contribution in [-0.4, -0.2) is 52.9 Å². The summed E-state index contributed by atoms with van der Waals surface area (Å²) in [6, 6.07) is 11.5. The van der Waals surface area contributed by atoms with Crippen molar-refractivity contribution < 1.29 is 18.3 Å². The summed E-state index contributed by atoms with van der Waals surface area (Å²) < 4.78 is 33.5. The Balaban J connectivity index is 1.24. The lowest BCUT2D eigenvalue weighted by Gasteiger charge is -2.36. The van der Waals surface area contributed by atoms with Crippen LogP contribution in [0.15, 0.2) is 48.7 Å². The van der Waals surface area contributed by atoms with Gasteiger partial charge in [-0.05, 0) is 74.7 Å². The molecule has 9 heteroatoms. The number of amides is 1. The van der Waals surface area contributed by atoms with Gasteiger partial charge in [-0.25, -0.2) is 13.8 Å². The highest BCUT2D eigenvalue weighted by Crippen LogP contribution is 2.30. The van der Waals surface area contributed by atoms with Crippen LogP contribution >= 0.6 is 11.6 Å². The highest BCUT2D eigenvalue weighted by atomic mass is 35.5. The fraction of sp³-hybridized carbons (Fsp3) is 0.357. The van der Waals surface area contributed by atoms with E-state index in [2.05, 4.69) is 9.88 Å². The van der Waals surface area contributed by atoms with Crippen molar-refractivity contribution in [2.24, 2.45) is 0 Å². The van der Waals surface area contributed by atoms with Crippen LogP contribution in [0.25, 0.3) is 11.1 Å². The van der Waals surface area contributed by atoms with Gasteiger partial charge in [0.25, 0.3) is 5.91 Å². The molecule has 2 fully saturated rings. The van der Waals surface area contributed by atoms with Crippen LogP contribution in [0.1, 0.15) is 41.6 Å². The largest absolute Gasteiger partial charge is 0.485 e. The van der Waals surface area contributed by atoms with E-state index in [0.29, 0.717) is 17.2 Å². The van der Waals surface area contributed by atoms with Gasteiger partial charge in [-0.1, -0.05) is 23.7 Å². The lowest BCUT2D eigenvalue weighted by Crippen LogP contribution is -2.45.